The molecule has 2 nitrogen and oxygen atoms in total. The molecule has 0 unspecified atom stereocenters. The van der Waals surface area contributed by atoms with E-state index >= 15 is 0 Å². The Morgan fingerprint density at radius 3 is 2.36 bits per heavy atom. The molecule has 1 heterocycles. The van der Waals surface area contributed by atoms with Crippen molar-refractivity contribution in [3.05, 3.63) is 59.2 Å². The van der Waals surface area contributed by atoms with Crippen LogP contribution in [0.1, 0.15) is 29.5 Å². The molecule has 2 aromatic carbocycles. The molecular formula is C20H21F3N2. The van der Waals surface area contributed by atoms with E-state index in [9.17, 15) is 13.2 Å². The normalized spacial score (nSPS) is 12.0. The number of hydrogen-bond donors (Lipinski definition) is 2. The minimum absolute atomic E-state index is 0.160. The minimum atomic E-state index is -4.39. The van der Waals surface area contributed by atoms with E-state index in [1.165, 1.54) is 6.07 Å². The number of halogens is 3. The molecule has 0 spiro atoms. The highest BCUT2D eigenvalue weighted by molar-refractivity contribution is 5.93. The van der Waals surface area contributed by atoms with Crippen molar-refractivity contribution in [3.8, 4) is 11.3 Å². The number of nitrogens with one attached hydrogen (secondary N) is 1. The summed E-state index contributed by atoms with van der Waals surface area (Å²) in [4.78, 5) is 3.05. The molecule has 0 aliphatic carbocycles. The fraction of sp³-hybridized carbons (Fsp3) is 0.300. The van der Waals surface area contributed by atoms with Crippen molar-refractivity contribution < 1.29 is 13.2 Å². The third kappa shape index (κ3) is 3.56. The standard InChI is InChI=1S/C20H21F3N2/c1-13-8-10-14(11-9-13)18-15(5-2-3-12-24)16-6-4-7-17(19(16)25-18)20(21,22)23/h4,6-11,25H,2-3,5,12,24H2,1H3. The quantitative estimate of drug-likeness (QED) is 0.593. The number of aromatic nitrogens is 1. The summed E-state index contributed by atoms with van der Waals surface area (Å²) in [7, 11) is 0. The second kappa shape index (κ2) is 6.92. The van der Waals surface area contributed by atoms with Gasteiger partial charge >= 0.3 is 6.18 Å². The lowest BCUT2D eigenvalue weighted by atomic mass is 9.99. The van der Waals surface area contributed by atoms with Crippen molar-refractivity contribution in [2.24, 2.45) is 5.73 Å². The second-order valence-electron chi connectivity index (χ2n) is 6.32. The van der Waals surface area contributed by atoms with Gasteiger partial charge in [0.25, 0.3) is 0 Å². The summed E-state index contributed by atoms with van der Waals surface area (Å²) in [6.07, 6.45) is -2.00. The molecule has 0 amide bonds. The predicted molar refractivity (Wildman–Crippen MR) is 95.5 cm³/mol. The highest BCUT2D eigenvalue weighted by Crippen LogP contribution is 2.39. The summed E-state index contributed by atoms with van der Waals surface area (Å²) >= 11 is 0. The van der Waals surface area contributed by atoms with E-state index in [4.69, 9.17) is 5.73 Å². The molecule has 0 saturated carbocycles. The van der Waals surface area contributed by atoms with E-state index in [0.29, 0.717) is 18.4 Å². The molecule has 0 aliphatic heterocycles. The van der Waals surface area contributed by atoms with Crippen LogP contribution in [-0.2, 0) is 12.6 Å². The van der Waals surface area contributed by atoms with Gasteiger partial charge in [0.15, 0.2) is 0 Å². The Balaban J connectivity index is 2.19. The molecule has 1 aromatic heterocycles. The number of benzene rings is 2. The number of aromatic amines is 1. The van der Waals surface area contributed by atoms with Gasteiger partial charge in [-0.2, -0.15) is 13.2 Å². The maximum atomic E-state index is 13.4. The van der Waals surface area contributed by atoms with Crippen molar-refractivity contribution in [2.75, 3.05) is 6.54 Å². The lowest BCUT2D eigenvalue weighted by molar-refractivity contribution is -0.136. The van der Waals surface area contributed by atoms with Crippen LogP contribution in [0.5, 0.6) is 0 Å². The monoisotopic (exact) mass is 346 g/mol. The summed E-state index contributed by atoms with van der Waals surface area (Å²) in [5.41, 5.74) is 8.82. The van der Waals surface area contributed by atoms with Crippen molar-refractivity contribution in [2.45, 2.75) is 32.4 Å². The number of rotatable bonds is 5. The van der Waals surface area contributed by atoms with Crippen molar-refractivity contribution in [3.63, 3.8) is 0 Å². The number of unbranched alkanes of at least 4 members (excludes halogenated alkanes) is 1. The first kappa shape index (κ1) is 17.5. The predicted octanol–water partition coefficient (Wildman–Crippen LogP) is 5.44. The molecule has 0 fully saturated rings. The molecule has 5 heteroatoms. The summed E-state index contributed by atoms with van der Waals surface area (Å²) in [5, 5.41) is 0.641. The zero-order chi connectivity index (χ0) is 18.0. The van der Waals surface area contributed by atoms with Crippen LogP contribution < -0.4 is 5.73 Å². The Hall–Kier alpha value is -2.27. The Bertz CT molecular complexity index is 861. The van der Waals surface area contributed by atoms with Gasteiger partial charge in [-0.3, -0.25) is 0 Å². The zero-order valence-corrected chi connectivity index (χ0v) is 14.1. The number of para-hydroxylation sites is 1. The van der Waals surface area contributed by atoms with Crippen LogP contribution in [0, 0.1) is 6.92 Å². The molecule has 25 heavy (non-hydrogen) atoms. The van der Waals surface area contributed by atoms with Crippen LogP contribution in [-0.4, -0.2) is 11.5 Å². The summed E-state index contributed by atoms with van der Waals surface area (Å²) in [6, 6.07) is 12.2. The first-order valence-electron chi connectivity index (χ1n) is 8.39. The molecule has 0 aliphatic rings. The van der Waals surface area contributed by atoms with E-state index in [1.54, 1.807) is 6.07 Å². The number of fused-ring (bicyclic) bond motifs is 1. The molecule has 132 valence electrons. The van der Waals surface area contributed by atoms with E-state index in [2.05, 4.69) is 4.98 Å². The highest BCUT2D eigenvalue weighted by Gasteiger charge is 2.33. The van der Waals surface area contributed by atoms with E-state index in [1.807, 2.05) is 31.2 Å². The summed E-state index contributed by atoms with van der Waals surface area (Å²) < 4.78 is 40.2. The van der Waals surface area contributed by atoms with Crippen molar-refractivity contribution in [1.29, 1.82) is 0 Å². The van der Waals surface area contributed by atoms with Crippen LogP contribution in [0.4, 0.5) is 13.2 Å². The maximum Gasteiger partial charge on any atom is 0.418 e. The van der Waals surface area contributed by atoms with E-state index in [-0.39, 0.29) is 5.52 Å². The van der Waals surface area contributed by atoms with Gasteiger partial charge in [0, 0.05) is 11.1 Å². The molecule has 0 radical (unpaired) electrons. The van der Waals surface area contributed by atoms with Gasteiger partial charge in [0.2, 0.25) is 0 Å². The van der Waals surface area contributed by atoms with Crippen molar-refractivity contribution in [1.82, 2.24) is 4.98 Å². The Morgan fingerprint density at radius 1 is 1.00 bits per heavy atom. The average molecular weight is 346 g/mol. The Morgan fingerprint density at radius 2 is 1.72 bits per heavy atom. The van der Waals surface area contributed by atoms with Crippen LogP contribution in [0.2, 0.25) is 0 Å². The van der Waals surface area contributed by atoms with Gasteiger partial charge in [-0.05, 0) is 49.9 Å². The van der Waals surface area contributed by atoms with E-state index in [0.717, 1.165) is 41.3 Å². The molecule has 3 rings (SSSR count). The largest absolute Gasteiger partial charge is 0.418 e. The molecule has 0 bridgehead atoms. The Kier molecular flexibility index (Phi) is 4.86. The smallest absolute Gasteiger partial charge is 0.354 e. The second-order valence-corrected chi connectivity index (χ2v) is 6.32. The third-order valence-corrected chi connectivity index (χ3v) is 4.47. The molecule has 0 saturated heterocycles. The van der Waals surface area contributed by atoms with Crippen molar-refractivity contribution >= 4 is 10.9 Å². The number of hydrogen-bond acceptors (Lipinski definition) is 1. The first-order chi connectivity index (χ1) is 11.9. The summed E-state index contributed by atoms with van der Waals surface area (Å²) in [5.74, 6) is 0. The van der Waals surface area contributed by atoms with Gasteiger partial charge in [0.05, 0.1) is 11.1 Å². The molecule has 3 N–H and O–H groups in total. The SMILES string of the molecule is Cc1ccc(-c2[nH]c3c(C(F)(F)F)cccc3c2CCCCN)cc1. The molecular weight excluding hydrogens is 325 g/mol. The van der Waals surface area contributed by atoms with Crippen LogP contribution >= 0.6 is 0 Å². The lowest BCUT2D eigenvalue weighted by Crippen LogP contribution is -2.05. The average Bonchev–Trinajstić information content (AvgIpc) is 2.93. The summed E-state index contributed by atoms with van der Waals surface area (Å²) in [6.45, 7) is 2.56. The number of H-pyrrole nitrogens is 1. The first-order valence-corrected chi connectivity index (χ1v) is 8.39. The number of aryl methyl sites for hydroxylation is 2. The highest BCUT2D eigenvalue weighted by atomic mass is 19.4. The fourth-order valence-corrected chi connectivity index (χ4v) is 3.18. The van der Waals surface area contributed by atoms with Gasteiger partial charge < -0.3 is 10.7 Å². The van der Waals surface area contributed by atoms with Gasteiger partial charge in [-0.15, -0.1) is 0 Å². The topological polar surface area (TPSA) is 41.8 Å². The third-order valence-electron chi connectivity index (χ3n) is 4.47. The zero-order valence-electron chi connectivity index (χ0n) is 14.1. The van der Waals surface area contributed by atoms with Gasteiger partial charge in [-0.1, -0.05) is 42.0 Å². The minimum Gasteiger partial charge on any atom is -0.354 e. The molecule has 0 atom stereocenters. The fourth-order valence-electron chi connectivity index (χ4n) is 3.18. The maximum absolute atomic E-state index is 13.4. The number of nitrogens with two attached hydrogens (primary N) is 1. The van der Waals surface area contributed by atoms with Gasteiger partial charge in [0.1, 0.15) is 0 Å². The van der Waals surface area contributed by atoms with Gasteiger partial charge in [-0.25, -0.2) is 0 Å². The Labute approximate surface area is 144 Å². The van der Waals surface area contributed by atoms with Crippen LogP contribution in [0.3, 0.4) is 0 Å². The van der Waals surface area contributed by atoms with Crippen LogP contribution in [0.15, 0.2) is 42.5 Å². The number of alkyl halides is 3. The van der Waals surface area contributed by atoms with E-state index < -0.39 is 11.7 Å². The van der Waals surface area contributed by atoms with Crippen LogP contribution in [0.25, 0.3) is 22.2 Å². The lowest BCUT2D eigenvalue weighted by Gasteiger charge is -2.07. The molecule has 3 aromatic rings.